The number of nitrogens with zero attached hydrogens (tertiary/aromatic N) is 2. The normalized spacial score (nSPS) is 13.7. The van der Waals surface area contributed by atoms with E-state index in [4.69, 9.17) is 8.83 Å². The van der Waals surface area contributed by atoms with Gasteiger partial charge in [0.25, 0.3) is 0 Å². The van der Waals surface area contributed by atoms with Crippen molar-refractivity contribution >= 4 is 135 Å². The topological polar surface area (TPSA) is 32.8 Å². The van der Waals surface area contributed by atoms with Gasteiger partial charge in [-0.2, -0.15) is 0 Å². The van der Waals surface area contributed by atoms with Crippen LogP contribution in [-0.4, -0.2) is 13.4 Å². The molecule has 3 aliphatic heterocycles. The lowest BCUT2D eigenvalue weighted by Gasteiger charge is -2.49. The number of hydrogen-bond donors (Lipinski definition) is 0. The molecule has 0 atom stereocenters. The standard InChI is InChI=1S/C58H42B2N2O2/c1-31-21-33(3)55(34(4)22-31)59-43-16-11-19-48-57(43)61(49-29-53-41(27-45(49)59)39-15-9-10-20-51(39)63-53)47-18-12-17-44-58(47)62(48)50-30-54-42(40-25-37-13-7-8-14-38(37)26-52(40)64-54)28-46(50)60(44)56-35(5)23-32(2)24-36(56)6/h7-30H,1-6H3. The summed E-state index contributed by atoms with van der Waals surface area (Å²) in [5.41, 5.74) is 26.4. The predicted molar refractivity (Wildman–Crippen MR) is 272 cm³/mol. The average molecular weight is 821 g/mol. The predicted octanol–water partition coefficient (Wildman–Crippen LogP) is 11.4. The van der Waals surface area contributed by atoms with Crippen molar-refractivity contribution in [2.45, 2.75) is 41.5 Å². The molecule has 0 fully saturated rings. The summed E-state index contributed by atoms with van der Waals surface area (Å²) in [6.45, 7) is 13.6. The van der Waals surface area contributed by atoms with Crippen molar-refractivity contribution in [3.8, 4) is 0 Å². The Balaban J connectivity index is 1.11. The van der Waals surface area contributed by atoms with Crippen LogP contribution in [0.25, 0.3) is 54.6 Å². The van der Waals surface area contributed by atoms with Gasteiger partial charge in [-0.05, 0) is 104 Å². The first-order valence-electron chi connectivity index (χ1n) is 22.6. The van der Waals surface area contributed by atoms with Crippen LogP contribution in [0.4, 0.5) is 34.1 Å². The van der Waals surface area contributed by atoms with Crippen LogP contribution in [0.1, 0.15) is 33.4 Å². The van der Waals surface area contributed by atoms with Gasteiger partial charge < -0.3 is 18.6 Å². The Morgan fingerprint density at radius 3 is 1.33 bits per heavy atom. The van der Waals surface area contributed by atoms with Crippen molar-refractivity contribution in [2.75, 3.05) is 9.80 Å². The molecule has 0 spiro atoms. The van der Waals surface area contributed by atoms with Gasteiger partial charge >= 0.3 is 0 Å². The summed E-state index contributed by atoms with van der Waals surface area (Å²) < 4.78 is 13.6. The molecular weight excluding hydrogens is 778 g/mol. The van der Waals surface area contributed by atoms with Crippen LogP contribution >= 0.6 is 0 Å². The molecule has 4 nitrogen and oxygen atoms in total. The Hall–Kier alpha value is -7.43. The molecule has 64 heavy (non-hydrogen) atoms. The molecule has 0 bridgehead atoms. The Kier molecular flexibility index (Phi) is 7.11. The maximum atomic E-state index is 6.90. The minimum atomic E-state index is -0.0194. The van der Waals surface area contributed by atoms with E-state index in [1.807, 2.05) is 0 Å². The summed E-state index contributed by atoms with van der Waals surface area (Å²) in [5.74, 6) is 0. The second-order valence-corrected chi connectivity index (χ2v) is 18.8. The summed E-state index contributed by atoms with van der Waals surface area (Å²) in [6, 6.07) is 54.6. The first kappa shape index (κ1) is 36.1. The molecule has 0 N–H and O–H groups in total. The third kappa shape index (κ3) is 4.70. The van der Waals surface area contributed by atoms with Crippen molar-refractivity contribution in [3.63, 3.8) is 0 Å². The molecule has 0 saturated heterocycles. The molecule has 302 valence electrons. The van der Waals surface area contributed by atoms with Crippen molar-refractivity contribution < 1.29 is 8.83 Å². The molecular formula is C58H42B2N2O2. The number of benzene rings is 9. The van der Waals surface area contributed by atoms with Crippen LogP contribution in [0.3, 0.4) is 0 Å². The van der Waals surface area contributed by atoms with Gasteiger partial charge in [-0.15, -0.1) is 0 Å². The molecule has 0 unspecified atom stereocenters. The number of anilines is 6. The van der Waals surface area contributed by atoms with E-state index < -0.39 is 0 Å². The van der Waals surface area contributed by atoms with Gasteiger partial charge in [0.2, 0.25) is 13.4 Å². The molecule has 6 heteroatoms. The number of para-hydroxylation sites is 3. The Morgan fingerprint density at radius 1 is 0.344 bits per heavy atom. The quantitative estimate of drug-likeness (QED) is 0.163. The summed E-state index contributed by atoms with van der Waals surface area (Å²) in [6.07, 6.45) is 0. The first-order chi connectivity index (χ1) is 31.2. The lowest BCUT2D eigenvalue weighted by molar-refractivity contribution is 0.669. The number of aryl methyl sites for hydroxylation is 6. The smallest absolute Gasteiger partial charge is 0.247 e. The van der Waals surface area contributed by atoms with Gasteiger partial charge in [0.15, 0.2) is 0 Å². The highest BCUT2D eigenvalue weighted by molar-refractivity contribution is 7.00. The van der Waals surface area contributed by atoms with E-state index in [2.05, 4.69) is 197 Å². The maximum Gasteiger partial charge on any atom is 0.247 e. The van der Waals surface area contributed by atoms with Crippen molar-refractivity contribution in [1.82, 2.24) is 0 Å². The third-order valence-corrected chi connectivity index (χ3v) is 14.8. The van der Waals surface area contributed by atoms with Gasteiger partial charge in [0.1, 0.15) is 22.3 Å². The van der Waals surface area contributed by atoms with Crippen LogP contribution in [0.5, 0.6) is 0 Å². The lowest BCUT2D eigenvalue weighted by atomic mass is 9.33. The molecule has 0 aliphatic carbocycles. The number of rotatable bonds is 2. The molecule has 14 rings (SSSR count). The van der Waals surface area contributed by atoms with Gasteiger partial charge in [0, 0.05) is 45.1 Å². The van der Waals surface area contributed by atoms with E-state index in [0.717, 1.165) is 55.3 Å². The maximum absolute atomic E-state index is 6.90. The first-order valence-corrected chi connectivity index (χ1v) is 22.6. The average Bonchev–Trinajstić information content (AvgIpc) is 3.82. The lowest BCUT2D eigenvalue weighted by Crippen LogP contribution is -2.61. The zero-order chi connectivity index (χ0) is 42.9. The molecule has 0 radical (unpaired) electrons. The highest BCUT2D eigenvalue weighted by atomic mass is 16.3. The highest BCUT2D eigenvalue weighted by Crippen LogP contribution is 2.56. The fraction of sp³-hybridized carbons (Fsp3) is 0.103. The van der Waals surface area contributed by atoms with E-state index in [0.29, 0.717) is 0 Å². The van der Waals surface area contributed by atoms with Gasteiger partial charge in [-0.25, -0.2) is 0 Å². The molecule has 0 saturated carbocycles. The largest absolute Gasteiger partial charge is 0.456 e. The van der Waals surface area contributed by atoms with E-state index in [9.17, 15) is 0 Å². The number of furan rings is 2. The van der Waals surface area contributed by atoms with Gasteiger partial charge in [-0.3, -0.25) is 0 Å². The van der Waals surface area contributed by atoms with Crippen molar-refractivity contribution in [1.29, 1.82) is 0 Å². The minimum Gasteiger partial charge on any atom is -0.456 e. The molecule has 5 heterocycles. The van der Waals surface area contributed by atoms with E-state index >= 15 is 0 Å². The monoisotopic (exact) mass is 820 g/mol. The Morgan fingerprint density at radius 2 is 0.781 bits per heavy atom. The molecule has 3 aliphatic rings. The van der Waals surface area contributed by atoms with Crippen LogP contribution in [0.2, 0.25) is 0 Å². The molecule has 0 amide bonds. The van der Waals surface area contributed by atoms with E-state index in [1.54, 1.807) is 0 Å². The van der Waals surface area contributed by atoms with Crippen molar-refractivity contribution in [2.24, 2.45) is 0 Å². The number of fused-ring (bicyclic) bond motifs is 13. The third-order valence-electron chi connectivity index (χ3n) is 14.8. The second-order valence-electron chi connectivity index (χ2n) is 18.8. The van der Waals surface area contributed by atoms with Crippen LogP contribution in [-0.2, 0) is 0 Å². The van der Waals surface area contributed by atoms with Crippen LogP contribution in [0, 0.1) is 41.5 Å². The van der Waals surface area contributed by atoms with Gasteiger partial charge in [-0.1, -0.05) is 147 Å². The van der Waals surface area contributed by atoms with Crippen LogP contribution < -0.4 is 42.6 Å². The zero-order valence-corrected chi connectivity index (χ0v) is 36.7. The highest BCUT2D eigenvalue weighted by Gasteiger charge is 2.47. The fourth-order valence-corrected chi connectivity index (χ4v) is 12.5. The summed E-state index contributed by atoms with van der Waals surface area (Å²) in [5, 5.41) is 6.99. The van der Waals surface area contributed by atoms with Crippen LogP contribution in [0.15, 0.2) is 154 Å². The van der Waals surface area contributed by atoms with Gasteiger partial charge in [0.05, 0.1) is 22.7 Å². The van der Waals surface area contributed by atoms with E-state index in [1.165, 1.54) is 99.7 Å². The summed E-state index contributed by atoms with van der Waals surface area (Å²) >= 11 is 0. The second kappa shape index (κ2) is 12.6. The summed E-state index contributed by atoms with van der Waals surface area (Å²) in [4.78, 5) is 5.14. The fourth-order valence-electron chi connectivity index (χ4n) is 12.5. The SMILES string of the molecule is Cc1cc(C)c(B2c3cc4c(cc3N3c5cccc6c5N(c5cc7oc8cc9ccccc9cc8c7cc5B6c5c(C)cc(C)cc5C)c5cccc2c53)oc2ccccc24)c(C)c1. The molecule has 2 aromatic heterocycles. The zero-order valence-electron chi connectivity index (χ0n) is 36.7. The number of hydrogen-bond acceptors (Lipinski definition) is 4. The van der Waals surface area contributed by atoms with Crippen molar-refractivity contribution in [3.05, 3.63) is 179 Å². The summed E-state index contributed by atoms with van der Waals surface area (Å²) in [7, 11) is 0. The Bertz CT molecular complexity index is 3870. The molecule has 9 aromatic carbocycles. The minimum absolute atomic E-state index is 0.00792. The molecule has 11 aromatic rings. The van der Waals surface area contributed by atoms with E-state index in [-0.39, 0.29) is 13.4 Å². The Labute approximate surface area is 372 Å².